The van der Waals surface area contributed by atoms with Crippen LogP contribution in [0.15, 0.2) is 21.9 Å². The molecular weight excluding hydrogens is 314 g/mol. The Bertz CT molecular complexity index is 863. The maximum Gasteiger partial charge on any atom is 0.276 e. The highest BCUT2D eigenvalue weighted by molar-refractivity contribution is 5.97. The highest BCUT2D eigenvalue weighted by Crippen LogP contribution is 2.30. The number of likely N-dealkylation sites (N-methyl/N-ethyl adjacent to an activating group) is 1. The Labute approximate surface area is 137 Å². The number of amides is 1. The number of nitrogens with two attached hydrogens (primary N) is 1. The van der Waals surface area contributed by atoms with Crippen LogP contribution in [-0.4, -0.2) is 59.0 Å². The molecule has 0 aliphatic carbocycles. The minimum Gasteiger partial charge on any atom is -0.504 e. The summed E-state index contributed by atoms with van der Waals surface area (Å²) in [5.41, 5.74) is 3.65. The molecule has 9 heteroatoms. The number of carbonyl (C=O) groups is 1. The van der Waals surface area contributed by atoms with Gasteiger partial charge in [-0.2, -0.15) is 0 Å². The molecule has 1 aromatic carbocycles. The van der Waals surface area contributed by atoms with Crippen LogP contribution in [0.25, 0.3) is 0 Å². The van der Waals surface area contributed by atoms with Crippen molar-refractivity contribution in [3.05, 3.63) is 38.4 Å². The Morgan fingerprint density at radius 2 is 1.92 bits per heavy atom. The maximum atomic E-state index is 12.5. The summed E-state index contributed by atoms with van der Waals surface area (Å²) in [6.45, 7) is 2.56. The maximum absolute atomic E-state index is 12.5. The van der Waals surface area contributed by atoms with E-state index in [0.717, 1.165) is 13.1 Å². The minimum absolute atomic E-state index is 0.0838. The van der Waals surface area contributed by atoms with Crippen LogP contribution < -0.4 is 21.9 Å². The van der Waals surface area contributed by atoms with E-state index in [0.29, 0.717) is 13.1 Å². The molecule has 0 radical (unpaired) electrons. The van der Waals surface area contributed by atoms with Crippen LogP contribution in [-0.2, 0) is 0 Å². The van der Waals surface area contributed by atoms with E-state index in [4.69, 9.17) is 5.73 Å². The van der Waals surface area contributed by atoms with E-state index in [1.54, 1.807) is 4.90 Å². The number of anilines is 3. The number of rotatable bonds is 3. The Kier molecular flexibility index (Phi) is 3.94. The predicted molar refractivity (Wildman–Crippen MR) is 88.4 cm³/mol. The molecule has 1 aromatic heterocycles. The lowest BCUT2D eigenvalue weighted by Crippen LogP contribution is -2.47. The number of hydrogen-bond donors (Lipinski definition) is 3. The van der Waals surface area contributed by atoms with Gasteiger partial charge in [0.15, 0.2) is 11.4 Å². The molecule has 24 heavy (non-hydrogen) atoms. The van der Waals surface area contributed by atoms with Crippen molar-refractivity contribution in [2.45, 2.75) is 0 Å². The molecule has 2 heterocycles. The van der Waals surface area contributed by atoms with Gasteiger partial charge in [0.05, 0.1) is 5.69 Å². The van der Waals surface area contributed by atoms with Gasteiger partial charge in [0.1, 0.15) is 11.4 Å². The SMILES string of the molecule is CN1CCN(C(=O)c2nccc(Nc3c(N)c(=O)c3=O)c2O)CC1. The third kappa shape index (κ3) is 2.58. The lowest BCUT2D eigenvalue weighted by molar-refractivity contribution is 0.0655. The Morgan fingerprint density at radius 1 is 1.25 bits per heavy atom. The lowest BCUT2D eigenvalue weighted by Gasteiger charge is -2.32. The first-order chi connectivity index (χ1) is 11.4. The molecule has 1 amide bonds. The van der Waals surface area contributed by atoms with Gasteiger partial charge >= 0.3 is 0 Å². The van der Waals surface area contributed by atoms with Gasteiger partial charge in [-0.3, -0.25) is 14.4 Å². The third-order valence-corrected chi connectivity index (χ3v) is 4.12. The molecule has 0 unspecified atom stereocenters. The van der Waals surface area contributed by atoms with Crippen molar-refractivity contribution in [2.24, 2.45) is 0 Å². The predicted octanol–water partition coefficient (Wildman–Crippen LogP) is -0.903. The first-order valence-corrected chi connectivity index (χ1v) is 7.41. The summed E-state index contributed by atoms with van der Waals surface area (Å²) < 4.78 is 0. The highest BCUT2D eigenvalue weighted by atomic mass is 16.3. The molecule has 4 N–H and O–H groups in total. The van der Waals surface area contributed by atoms with Gasteiger partial charge in [0.25, 0.3) is 16.8 Å². The zero-order valence-corrected chi connectivity index (χ0v) is 13.1. The molecule has 1 fully saturated rings. The molecule has 3 rings (SSSR count). The molecule has 1 aliphatic heterocycles. The Morgan fingerprint density at radius 3 is 2.54 bits per heavy atom. The first kappa shape index (κ1) is 15.9. The molecule has 0 saturated carbocycles. The van der Waals surface area contributed by atoms with E-state index in [1.165, 1.54) is 12.3 Å². The number of pyridine rings is 1. The number of carbonyl (C=O) groups excluding carboxylic acids is 1. The van der Waals surface area contributed by atoms with E-state index < -0.39 is 10.9 Å². The summed E-state index contributed by atoms with van der Waals surface area (Å²) in [4.78, 5) is 42.8. The van der Waals surface area contributed by atoms with E-state index in [2.05, 4.69) is 15.2 Å². The van der Waals surface area contributed by atoms with Crippen LogP contribution in [0.2, 0.25) is 0 Å². The fraction of sp³-hybridized carbons (Fsp3) is 0.333. The number of hydrogen-bond acceptors (Lipinski definition) is 8. The van der Waals surface area contributed by atoms with Gasteiger partial charge in [0, 0.05) is 32.4 Å². The molecule has 1 aliphatic rings. The van der Waals surface area contributed by atoms with E-state index in [1.807, 2.05) is 7.05 Å². The second-order valence-electron chi connectivity index (χ2n) is 5.72. The zero-order chi connectivity index (χ0) is 17.4. The summed E-state index contributed by atoms with van der Waals surface area (Å²) in [5, 5.41) is 12.9. The Balaban J connectivity index is 1.85. The molecule has 126 valence electrons. The van der Waals surface area contributed by atoms with E-state index >= 15 is 0 Å². The number of piperazine rings is 1. The van der Waals surface area contributed by atoms with Gasteiger partial charge < -0.3 is 26.0 Å². The van der Waals surface area contributed by atoms with Crippen LogP contribution >= 0.6 is 0 Å². The van der Waals surface area contributed by atoms with Crippen molar-refractivity contribution in [1.82, 2.24) is 14.8 Å². The van der Waals surface area contributed by atoms with Gasteiger partial charge in [-0.05, 0) is 13.1 Å². The summed E-state index contributed by atoms with van der Waals surface area (Å²) in [6.07, 6.45) is 1.34. The van der Waals surface area contributed by atoms with Crippen molar-refractivity contribution in [3.63, 3.8) is 0 Å². The lowest BCUT2D eigenvalue weighted by atomic mass is 10.1. The monoisotopic (exact) mass is 331 g/mol. The van der Waals surface area contributed by atoms with Crippen molar-refractivity contribution >= 4 is 23.0 Å². The molecule has 0 atom stereocenters. The van der Waals surface area contributed by atoms with Gasteiger partial charge in [-0.15, -0.1) is 0 Å². The van der Waals surface area contributed by atoms with Crippen molar-refractivity contribution in [1.29, 1.82) is 0 Å². The van der Waals surface area contributed by atoms with Crippen LogP contribution in [0.1, 0.15) is 10.5 Å². The molecular formula is C15H17N5O4. The topological polar surface area (TPSA) is 129 Å². The summed E-state index contributed by atoms with van der Waals surface area (Å²) >= 11 is 0. The number of aromatic nitrogens is 1. The van der Waals surface area contributed by atoms with Gasteiger partial charge in [-0.1, -0.05) is 0 Å². The molecule has 0 bridgehead atoms. The quantitative estimate of drug-likeness (QED) is 0.617. The molecule has 2 aromatic rings. The third-order valence-electron chi connectivity index (χ3n) is 4.12. The summed E-state index contributed by atoms with van der Waals surface area (Å²) in [6, 6.07) is 1.40. The average Bonchev–Trinajstić information content (AvgIpc) is 2.60. The largest absolute Gasteiger partial charge is 0.504 e. The molecule has 1 saturated heterocycles. The number of aromatic hydroxyl groups is 1. The smallest absolute Gasteiger partial charge is 0.276 e. The molecule has 0 spiro atoms. The second kappa shape index (κ2) is 5.93. The van der Waals surface area contributed by atoms with Crippen LogP contribution in [0.3, 0.4) is 0 Å². The van der Waals surface area contributed by atoms with E-state index in [9.17, 15) is 19.5 Å². The van der Waals surface area contributed by atoms with Crippen LogP contribution in [0, 0.1) is 0 Å². The zero-order valence-electron chi connectivity index (χ0n) is 13.1. The van der Waals surface area contributed by atoms with Gasteiger partial charge in [-0.25, -0.2) is 4.98 Å². The highest BCUT2D eigenvalue weighted by Gasteiger charge is 2.26. The standard InChI is InChI=1S/C15H17N5O4/c1-19-4-6-20(7-5-19)15(24)11-12(21)8(2-3-17-11)18-10-9(16)13(22)14(10)23/h2-3,21H,4-7,16H2,1H3,(H,17,18). The second-order valence-corrected chi connectivity index (χ2v) is 5.72. The molecule has 9 nitrogen and oxygen atoms in total. The summed E-state index contributed by atoms with van der Waals surface area (Å²) in [5.74, 6) is -0.768. The normalized spacial score (nSPS) is 15.6. The fourth-order valence-electron chi connectivity index (χ4n) is 2.54. The number of nitrogens with one attached hydrogen (secondary N) is 1. The van der Waals surface area contributed by atoms with Crippen LogP contribution in [0.4, 0.5) is 17.1 Å². The van der Waals surface area contributed by atoms with Crippen molar-refractivity contribution in [2.75, 3.05) is 44.3 Å². The summed E-state index contributed by atoms with van der Waals surface area (Å²) in [7, 11) is 1.97. The van der Waals surface area contributed by atoms with E-state index in [-0.39, 0.29) is 34.4 Å². The Hall–Kier alpha value is -2.94. The number of nitrogen functional groups attached to an aromatic ring is 1. The van der Waals surface area contributed by atoms with Crippen molar-refractivity contribution in [3.8, 4) is 5.75 Å². The van der Waals surface area contributed by atoms with Crippen molar-refractivity contribution < 1.29 is 9.90 Å². The van der Waals surface area contributed by atoms with Crippen LogP contribution in [0.5, 0.6) is 5.75 Å². The number of nitrogens with zero attached hydrogens (tertiary/aromatic N) is 3. The average molecular weight is 331 g/mol. The first-order valence-electron chi connectivity index (χ1n) is 7.41. The fourth-order valence-corrected chi connectivity index (χ4v) is 2.54. The van der Waals surface area contributed by atoms with Gasteiger partial charge in [0.2, 0.25) is 0 Å². The minimum atomic E-state index is -0.764.